The molecule has 0 atom stereocenters. The summed E-state index contributed by atoms with van der Waals surface area (Å²) in [5.74, 6) is -1.46. The van der Waals surface area contributed by atoms with Crippen molar-refractivity contribution in [3.63, 3.8) is 0 Å². The fourth-order valence-corrected chi connectivity index (χ4v) is 2.07. The van der Waals surface area contributed by atoms with Crippen molar-refractivity contribution in [2.45, 2.75) is 6.42 Å². The van der Waals surface area contributed by atoms with Gasteiger partial charge in [0, 0.05) is 10.2 Å². The van der Waals surface area contributed by atoms with Crippen LogP contribution in [0.4, 0.5) is 11.4 Å². The Labute approximate surface area is 129 Å². The maximum Gasteiger partial charge on any atom is 0.337 e. The van der Waals surface area contributed by atoms with Crippen molar-refractivity contribution in [3.05, 3.63) is 52.3 Å². The Bertz CT molecular complexity index is 686. The zero-order valence-corrected chi connectivity index (χ0v) is 12.4. The second-order valence-corrected chi connectivity index (χ2v) is 5.22. The molecular formula is C14H12BrN3O3. The molecule has 0 radical (unpaired) electrons. The molecule has 0 fully saturated rings. The van der Waals surface area contributed by atoms with E-state index < -0.39 is 5.97 Å². The largest absolute Gasteiger partial charge is 0.478 e. The molecule has 2 aromatic rings. The van der Waals surface area contributed by atoms with E-state index in [1.165, 1.54) is 18.3 Å². The first kappa shape index (κ1) is 15.0. The molecule has 0 saturated carbocycles. The monoisotopic (exact) mass is 349 g/mol. The summed E-state index contributed by atoms with van der Waals surface area (Å²) in [6.07, 6.45) is 1.50. The Morgan fingerprint density at radius 2 is 2.05 bits per heavy atom. The number of rotatable bonds is 4. The molecule has 0 bridgehead atoms. The lowest BCUT2D eigenvalue weighted by Gasteiger charge is -2.09. The van der Waals surface area contributed by atoms with Crippen LogP contribution in [0.1, 0.15) is 16.1 Å². The maximum atomic E-state index is 12.0. The molecular weight excluding hydrogens is 338 g/mol. The van der Waals surface area contributed by atoms with Gasteiger partial charge in [-0.15, -0.1) is 0 Å². The first-order valence-corrected chi connectivity index (χ1v) is 6.78. The van der Waals surface area contributed by atoms with E-state index in [-0.39, 0.29) is 23.6 Å². The number of hydrogen-bond acceptors (Lipinski definition) is 4. The first-order valence-electron chi connectivity index (χ1n) is 5.99. The van der Waals surface area contributed by atoms with E-state index in [0.717, 1.165) is 0 Å². The highest BCUT2D eigenvalue weighted by molar-refractivity contribution is 9.10. The number of amides is 1. The van der Waals surface area contributed by atoms with Gasteiger partial charge in [-0.2, -0.15) is 0 Å². The number of nitrogens with two attached hydrogens (primary N) is 1. The number of hydrogen-bond donors (Lipinski definition) is 3. The van der Waals surface area contributed by atoms with Crippen LogP contribution in [0.15, 0.2) is 41.0 Å². The number of carboxylic acids is 1. The second kappa shape index (κ2) is 6.36. The van der Waals surface area contributed by atoms with Crippen LogP contribution in [0.2, 0.25) is 0 Å². The minimum absolute atomic E-state index is 0.0248. The Hall–Kier alpha value is -2.41. The molecule has 1 aromatic carbocycles. The fourth-order valence-electron chi connectivity index (χ4n) is 1.71. The van der Waals surface area contributed by atoms with Crippen molar-refractivity contribution in [2.75, 3.05) is 11.1 Å². The topological polar surface area (TPSA) is 105 Å². The molecule has 0 aliphatic rings. The maximum absolute atomic E-state index is 12.0. The normalized spacial score (nSPS) is 10.1. The molecule has 4 N–H and O–H groups in total. The number of nitrogens with one attached hydrogen (secondary N) is 1. The van der Waals surface area contributed by atoms with Crippen molar-refractivity contribution < 1.29 is 14.7 Å². The smallest absolute Gasteiger partial charge is 0.337 e. The second-order valence-electron chi connectivity index (χ2n) is 4.30. The number of benzene rings is 1. The van der Waals surface area contributed by atoms with Crippen molar-refractivity contribution in [2.24, 2.45) is 0 Å². The van der Waals surface area contributed by atoms with Gasteiger partial charge in [-0.05, 0) is 30.3 Å². The van der Waals surface area contributed by atoms with Crippen molar-refractivity contribution in [1.82, 2.24) is 4.98 Å². The van der Waals surface area contributed by atoms with Gasteiger partial charge in [-0.3, -0.25) is 9.78 Å². The van der Waals surface area contributed by atoms with Crippen LogP contribution < -0.4 is 11.1 Å². The van der Waals surface area contributed by atoms with E-state index in [1.54, 1.807) is 18.2 Å². The fraction of sp³-hybridized carbons (Fsp3) is 0.0714. The van der Waals surface area contributed by atoms with Gasteiger partial charge in [0.05, 0.1) is 29.6 Å². The number of aromatic carboxylic acids is 1. The average molecular weight is 350 g/mol. The number of aromatic nitrogens is 1. The quantitative estimate of drug-likeness (QED) is 0.785. The number of carbonyl (C=O) groups is 2. The summed E-state index contributed by atoms with van der Waals surface area (Å²) in [6.45, 7) is 0. The molecule has 0 aliphatic carbocycles. The third-order valence-electron chi connectivity index (χ3n) is 2.68. The van der Waals surface area contributed by atoms with E-state index >= 15 is 0 Å². The summed E-state index contributed by atoms with van der Waals surface area (Å²) >= 11 is 3.24. The van der Waals surface area contributed by atoms with Crippen LogP contribution in [0.3, 0.4) is 0 Å². The van der Waals surface area contributed by atoms with Crippen molar-refractivity contribution in [1.29, 1.82) is 0 Å². The molecule has 0 spiro atoms. The summed E-state index contributed by atoms with van der Waals surface area (Å²) in [6, 6.07) is 7.85. The zero-order valence-electron chi connectivity index (χ0n) is 10.8. The van der Waals surface area contributed by atoms with E-state index in [9.17, 15) is 9.59 Å². The average Bonchev–Trinajstić information content (AvgIpc) is 2.41. The van der Waals surface area contributed by atoms with Gasteiger partial charge >= 0.3 is 5.97 Å². The lowest BCUT2D eigenvalue weighted by Crippen LogP contribution is -2.17. The van der Waals surface area contributed by atoms with Crippen LogP contribution in [0, 0.1) is 0 Å². The van der Waals surface area contributed by atoms with Crippen LogP contribution in [-0.4, -0.2) is 22.0 Å². The molecule has 2 rings (SSSR count). The molecule has 7 heteroatoms. The summed E-state index contributed by atoms with van der Waals surface area (Å²) in [5.41, 5.74) is 6.84. The predicted octanol–water partition coefficient (Wildman–Crippen LogP) is 2.31. The zero-order chi connectivity index (χ0) is 15.4. The molecule has 0 unspecified atom stereocenters. The number of nitrogen functional groups attached to an aromatic ring is 1. The van der Waals surface area contributed by atoms with Crippen LogP contribution in [0.5, 0.6) is 0 Å². The predicted molar refractivity (Wildman–Crippen MR) is 82.1 cm³/mol. The van der Waals surface area contributed by atoms with Gasteiger partial charge in [0.15, 0.2) is 0 Å². The molecule has 0 saturated heterocycles. The summed E-state index contributed by atoms with van der Waals surface area (Å²) in [5, 5.41) is 11.7. The summed E-state index contributed by atoms with van der Waals surface area (Å²) < 4.78 is 0.674. The van der Waals surface area contributed by atoms with Crippen molar-refractivity contribution in [3.8, 4) is 0 Å². The summed E-state index contributed by atoms with van der Waals surface area (Å²) in [7, 11) is 0. The van der Waals surface area contributed by atoms with E-state index in [1.807, 2.05) is 0 Å². The molecule has 0 aliphatic heterocycles. The highest BCUT2D eigenvalue weighted by Crippen LogP contribution is 2.21. The van der Waals surface area contributed by atoms with Gasteiger partial charge in [-0.25, -0.2) is 4.79 Å². The molecule has 108 valence electrons. The van der Waals surface area contributed by atoms with Gasteiger partial charge in [0.25, 0.3) is 0 Å². The highest BCUT2D eigenvalue weighted by Gasteiger charge is 2.13. The minimum atomic E-state index is -1.11. The lowest BCUT2D eigenvalue weighted by atomic mass is 10.1. The number of halogens is 1. The molecule has 1 aromatic heterocycles. The molecule has 21 heavy (non-hydrogen) atoms. The first-order chi connectivity index (χ1) is 9.95. The SMILES string of the molecule is Nc1ccc(CC(=O)Nc2cc(Br)ccc2C(=O)O)nc1. The van der Waals surface area contributed by atoms with E-state index in [2.05, 4.69) is 26.2 Å². The Morgan fingerprint density at radius 3 is 2.67 bits per heavy atom. The third kappa shape index (κ3) is 4.03. The number of carboxylic acid groups (broad SMARTS) is 1. The Morgan fingerprint density at radius 1 is 1.29 bits per heavy atom. The van der Waals surface area contributed by atoms with Gasteiger partial charge in [-0.1, -0.05) is 15.9 Å². The number of anilines is 2. The minimum Gasteiger partial charge on any atom is -0.478 e. The van der Waals surface area contributed by atoms with E-state index in [4.69, 9.17) is 10.8 Å². The number of carbonyl (C=O) groups excluding carboxylic acids is 1. The van der Waals surface area contributed by atoms with Crippen LogP contribution >= 0.6 is 15.9 Å². The van der Waals surface area contributed by atoms with Gasteiger partial charge in [0.2, 0.25) is 5.91 Å². The Kier molecular flexibility index (Phi) is 4.54. The standard InChI is InChI=1S/C14H12BrN3O3/c15-8-1-4-11(14(20)21)12(5-8)18-13(19)6-10-3-2-9(16)7-17-10/h1-5,7H,6,16H2,(H,18,19)(H,20,21). The number of nitrogens with zero attached hydrogens (tertiary/aromatic N) is 1. The Balaban J connectivity index is 2.14. The highest BCUT2D eigenvalue weighted by atomic mass is 79.9. The van der Waals surface area contributed by atoms with Gasteiger partial charge < -0.3 is 16.2 Å². The summed E-state index contributed by atoms with van der Waals surface area (Å²) in [4.78, 5) is 27.1. The van der Waals surface area contributed by atoms with Crippen LogP contribution in [-0.2, 0) is 11.2 Å². The van der Waals surface area contributed by atoms with Gasteiger partial charge in [0.1, 0.15) is 0 Å². The van der Waals surface area contributed by atoms with Crippen molar-refractivity contribution >= 4 is 39.2 Å². The molecule has 1 heterocycles. The lowest BCUT2D eigenvalue weighted by molar-refractivity contribution is -0.115. The molecule has 1 amide bonds. The van der Waals surface area contributed by atoms with Crippen LogP contribution in [0.25, 0.3) is 0 Å². The van der Waals surface area contributed by atoms with E-state index in [0.29, 0.717) is 15.9 Å². The number of pyridine rings is 1. The third-order valence-corrected chi connectivity index (χ3v) is 3.17. The molecule has 6 nitrogen and oxygen atoms in total.